The number of nitrogens with one attached hydrogen (secondary N) is 1. The van der Waals surface area contributed by atoms with Gasteiger partial charge in [0.15, 0.2) is 0 Å². The van der Waals surface area contributed by atoms with Gasteiger partial charge in [-0.25, -0.2) is 9.37 Å². The van der Waals surface area contributed by atoms with E-state index in [1.165, 1.54) is 11.6 Å². The number of carbonyl (C=O) groups excluding carboxylic acids is 1. The van der Waals surface area contributed by atoms with Crippen LogP contribution in [0.4, 0.5) is 10.2 Å². The number of pyridine rings is 2. The number of carbonyl (C=O) groups is 1. The van der Waals surface area contributed by atoms with Crippen LogP contribution < -0.4 is 5.32 Å². The summed E-state index contributed by atoms with van der Waals surface area (Å²) in [6, 6.07) is 10.4. The highest BCUT2D eigenvalue weighted by Crippen LogP contribution is 2.63. The van der Waals surface area contributed by atoms with Gasteiger partial charge in [-0.1, -0.05) is 11.6 Å². The standard InChI is InChI=1S/C26H25ClFN3O/c27-19-1-4-24(30-14-19)31-25(32)26(6-7-26)18-11-15-9-17(10-16(15)12-18)21-5-8-29-23-3-2-20(28)13-22(21)23/h1-5,8,13-18H,6-7,9-12H2,(H,30,31,32)/t15-,16?,17-,18+/m1/s1. The molecule has 2 aromatic heterocycles. The first-order chi connectivity index (χ1) is 15.5. The van der Waals surface area contributed by atoms with Crippen LogP contribution in [0.15, 0.2) is 48.8 Å². The van der Waals surface area contributed by atoms with Crippen LogP contribution in [0.3, 0.4) is 0 Å². The van der Waals surface area contributed by atoms with Gasteiger partial charge in [0, 0.05) is 17.8 Å². The van der Waals surface area contributed by atoms with Crippen LogP contribution in [0.1, 0.15) is 50.0 Å². The molecule has 0 radical (unpaired) electrons. The summed E-state index contributed by atoms with van der Waals surface area (Å²) >= 11 is 5.91. The predicted octanol–water partition coefficient (Wildman–Crippen LogP) is 6.36. The highest BCUT2D eigenvalue weighted by Gasteiger charge is 2.59. The van der Waals surface area contributed by atoms with Gasteiger partial charge in [-0.3, -0.25) is 9.78 Å². The van der Waals surface area contributed by atoms with Crippen molar-refractivity contribution >= 4 is 34.2 Å². The van der Waals surface area contributed by atoms with Crippen molar-refractivity contribution in [2.45, 2.75) is 44.4 Å². The van der Waals surface area contributed by atoms with Gasteiger partial charge in [-0.05, 0) is 104 Å². The molecule has 4 nitrogen and oxygen atoms in total. The molecule has 3 aliphatic rings. The Balaban J connectivity index is 1.16. The molecule has 2 heterocycles. The number of amides is 1. The van der Waals surface area contributed by atoms with Crippen LogP contribution in [0.25, 0.3) is 10.9 Å². The Morgan fingerprint density at radius 2 is 1.81 bits per heavy atom. The minimum atomic E-state index is -0.229. The number of benzene rings is 1. The molecule has 1 aromatic carbocycles. The molecule has 0 bridgehead atoms. The summed E-state index contributed by atoms with van der Waals surface area (Å²) in [6.07, 6.45) is 9.80. The van der Waals surface area contributed by atoms with Crippen LogP contribution in [-0.2, 0) is 4.79 Å². The fourth-order valence-electron chi connectivity index (χ4n) is 6.46. The summed E-state index contributed by atoms with van der Waals surface area (Å²) in [7, 11) is 0. The highest BCUT2D eigenvalue weighted by atomic mass is 35.5. The van der Waals surface area contributed by atoms with Crippen molar-refractivity contribution in [3.05, 3.63) is 65.2 Å². The minimum Gasteiger partial charge on any atom is -0.310 e. The third-order valence-corrected chi connectivity index (χ3v) is 8.41. The molecule has 3 saturated carbocycles. The molecule has 3 aliphatic carbocycles. The van der Waals surface area contributed by atoms with Crippen LogP contribution in [0.5, 0.6) is 0 Å². The smallest absolute Gasteiger partial charge is 0.232 e. The number of fused-ring (bicyclic) bond motifs is 2. The van der Waals surface area contributed by atoms with Crippen LogP contribution in [0, 0.1) is 29.0 Å². The number of aromatic nitrogens is 2. The van der Waals surface area contributed by atoms with E-state index >= 15 is 0 Å². The zero-order chi connectivity index (χ0) is 21.9. The topological polar surface area (TPSA) is 54.9 Å². The molecule has 1 unspecified atom stereocenters. The van der Waals surface area contributed by atoms with E-state index in [9.17, 15) is 9.18 Å². The molecule has 1 amide bonds. The van der Waals surface area contributed by atoms with Crippen molar-refractivity contribution in [1.29, 1.82) is 0 Å². The molecule has 6 rings (SSSR count). The maximum Gasteiger partial charge on any atom is 0.232 e. The Hall–Kier alpha value is -2.53. The van der Waals surface area contributed by atoms with Gasteiger partial charge in [-0.15, -0.1) is 0 Å². The minimum absolute atomic E-state index is 0.115. The monoisotopic (exact) mass is 449 g/mol. The number of anilines is 1. The van der Waals surface area contributed by atoms with E-state index in [-0.39, 0.29) is 17.1 Å². The molecule has 4 atom stereocenters. The van der Waals surface area contributed by atoms with E-state index in [1.807, 2.05) is 6.20 Å². The van der Waals surface area contributed by atoms with Crippen molar-refractivity contribution in [3.8, 4) is 0 Å². The lowest BCUT2D eigenvalue weighted by Gasteiger charge is -2.24. The first-order valence-electron chi connectivity index (χ1n) is 11.5. The summed E-state index contributed by atoms with van der Waals surface area (Å²) < 4.78 is 13.9. The lowest BCUT2D eigenvalue weighted by Crippen LogP contribution is -2.30. The van der Waals surface area contributed by atoms with E-state index in [4.69, 9.17) is 11.6 Å². The Labute approximate surface area is 191 Å². The Kier molecular flexibility index (Phi) is 4.72. The predicted molar refractivity (Wildman–Crippen MR) is 123 cm³/mol. The second-order valence-electron chi connectivity index (χ2n) is 9.89. The third-order valence-electron chi connectivity index (χ3n) is 8.18. The lowest BCUT2D eigenvalue weighted by molar-refractivity contribution is -0.123. The molecule has 3 aromatic rings. The summed E-state index contributed by atoms with van der Waals surface area (Å²) in [5, 5.41) is 4.53. The average molecular weight is 450 g/mol. The molecule has 1 N–H and O–H groups in total. The van der Waals surface area contributed by atoms with E-state index in [2.05, 4.69) is 21.4 Å². The highest BCUT2D eigenvalue weighted by molar-refractivity contribution is 6.30. The first-order valence-corrected chi connectivity index (χ1v) is 11.9. The van der Waals surface area contributed by atoms with E-state index in [1.54, 1.807) is 30.5 Å². The van der Waals surface area contributed by atoms with Crippen molar-refractivity contribution in [2.75, 3.05) is 5.32 Å². The first kappa shape index (κ1) is 20.1. The molecular formula is C26H25ClFN3O. The average Bonchev–Trinajstić information content (AvgIpc) is 3.36. The van der Waals surface area contributed by atoms with E-state index < -0.39 is 0 Å². The molecule has 0 saturated heterocycles. The molecule has 0 aliphatic heterocycles. The van der Waals surface area contributed by atoms with Crippen LogP contribution >= 0.6 is 11.6 Å². The number of halogens is 2. The summed E-state index contributed by atoms with van der Waals surface area (Å²) in [4.78, 5) is 21.8. The fraction of sp³-hybridized carbons (Fsp3) is 0.423. The van der Waals surface area contributed by atoms with Crippen molar-refractivity contribution in [1.82, 2.24) is 9.97 Å². The van der Waals surface area contributed by atoms with Gasteiger partial charge < -0.3 is 5.32 Å². The summed E-state index contributed by atoms with van der Waals surface area (Å²) in [5.41, 5.74) is 1.87. The SMILES string of the molecule is O=C(Nc1ccc(Cl)cn1)C1([C@@H]2CC3C[C@H](c4ccnc5ccc(F)cc45)C[C@@H]3C2)CC1. The summed E-state index contributed by atoms with van der Waals surface area (Å²) in [6.45, 7) is 0. The third kappa shape index (κ3) is 3.38. The zero-order valence-corrected chi connectivity index (χ0v) is 18.5. The Bertz CT molecular complexity index is 1180. The molecule has 6 heteroatoms. The number of rotatable bonds is 4. The maximum atomic E-state index is 13.9. The number of hydrogen-bond donors (Lipinski definition) is 1. The van der Waals surface area contributed by atoms with E-state index in [0.717, 1.165) is 49.4 Å². The maximum absolute atomic E-state index is 13.9. The largest absolute Gasteiger partial charge is 0.310 e. The van der Waals surface area contributed by atoms with Gasteiger partial charge >= 0.3 is 0 Å². The van der Waals surface area contributed by atoms with Gasteiger partial charge in [-0.2, -0.15) is 0 Å². The quantitative estimate of drug-likeness (QED) is 0.504. The lowest BCUT2D eigenvalue weighted by atomic mass is 9.83. The molecule has 3 fully saturated rings. The zero-order valence-electron chi connectivity index (χ0n) is 17.7. The second kappa shape index (κ2) is 7.51. The number of hydrogen-bond acceptors (Lipinski definition) is 3. The summed E-state index contributed by atoms with van der Waals surface area (Å²) in [5.74, 6) is 2.64. The molecule has 32 heavy (non-hydrogen) atoms. The Morgan fingerprint density at radius 3 is 2.50 bits per heavy atom. The van der Waals surface area contributed by atoms with Crippen LogP contribution in [-0.4, -0.2) is 15.9 Å². The molecule has 0 spiro atoms. The second-order valence-corrected chi connectivity index (χ2v) is 10.3. The fourth-order valence-corrected chi connectivity index (χ4v) is 6.58. The van der Waals surface area contributed by atoms with Gasteiger partial charge in [0.05, 0.1) is 16.0 Å². The van der Waals surface area contributed by atoms with Gasteiger partial charge in [0.2, 0.25) is 5.91 Å². The van der Waals surface area contributed by atoms with Crippen molar-refractivity contribution < 1.29 is 9.18 Å². The van der Waals surface area contributed by atoms with Crippen molar-refractivity contribution in [3.63, 3.8) is 0 Å². The molecule has 164 valence electrons. The van der Waals surface area contributed by atoms with Crippen molar-refractivity contribution in [2.24, 2.45) is 23.2 Å². The van der Waals surface area contributed by atoms with E-state index in [0.29, 0.717) is 34.5 Å². The normalized spacial score (nSPS) is 27.9. The van der Waals surface area contributed by atoms with Gasteiger partial charge in [0.25, 0.3) is 0 Å². The molecular weight excluding hydrogens is 425 g/mol. The van der Waals surface area contributed by atoms with Crippen LogP contribution in [0.2, 0.25) is 5.02 Å². The van der Waals surface area contributed by atoms with Gasteiger partial charge in [0.1, 0.15) is 11.6 Å². The Morgan fingerprint density at radius 1 is 1.03 bits per heavy atom. The number of nitrogens with zero attached hydrogens (tertiary/aromatic N) is 2.